The average molecular weight is 335 g/mol. The fraction of sp³-hybridized carbons (Fsp3) is 0.455. The second-order valence-corrected chi connectivity index (χ2v) is 5.74. The zero-order valence-corrected chi connectivity index (χ0v) is 11.3. The smallest absolute Gasteiger partial charge is 0.0760 e. The van der Waals surface area contributed by atoms with Gasteiger partial charge in [-0.1, -0.05) is 6.07 Å². The lowest BCUT2D eigenvalue weighted by atomic mass is 9.99. The van der Waals surface area contributed by atoms with Gasteiger partial charge in [-0.2, -0.15) is 0 Å². The molecule has 0 amide bonds. The van der Waals surface area contributed by atoms with E-state index < -0.39 is 6.10 Å². The lowest BCUT2D eigenvalue weighted by Crippen LogP contribution is -2.27. The Kier molecular flexibility index (Phi) is 3.50. The number of aliphatic hydroxyl groups is 1. The van der Waals surface area contributed by atoms with Crippen molar-refractivity contribution in [2.45, 2.75) is 25.0 Å². The standard InChI is InChI=1S/C11H13Br2NO/c12-8-4-3-7(5-9(8)13)10(14)11(15)6-1-2-6/h3-6,10-11,15H,1-2,14H2/t10-,11+/m0/s1. The second kappa shape index (κ2) is 4.53. The lowest BCUT2D eigenvalue weighted by Gasteiger charge is -2.19. The summed E-state index contributed by atoms with van der Waals surface area (Å²) in [5.74, 6) is 0.405. The Morgan fingerprint density at radius 1 is 1.27 bits per heavy atom. The molecule has 1 aromatic rings. The molecule has 2 nitrogen and oxygen atoms in total. The number of benzene rings is 1. The summed E-state index contributed by atoms with van der Waals surface area (Å²) in [6.45, 7) is 0. The molecule has 1 aliphatic carbocycles. The number of rotatable bonds is 3. The van der Waals surface area contributed by atoms with E-state index in [-0.39, 0.29) is 6.04 Å². The predicted octanol–water partition coefficient (Wildman–Crippen LogP) is 2.98. The average Bonchev–Trinajstić information content (AvgIpc) is 3.03. The molecule has 1 fully saturated rings. The molecule has 0 radical (unpaired) electrons. The molecule has 1 aliphatic rings. The molecule has 2 rings (SSSR count). The summed E-state index contributed by atoms with van der Waals surface area (Å²) in [6, 6.07) is 5.58. The van der Waals surface area contributed by atoms with Gasteiger partial charge in [0.05, 0.1) is 12.1 Å². The van der Waals surface area contributed by atoms with Crippen LogP contribution in [0.2, 0.25) is 0 Å². The van der Waals surface area contributed by atoms with Crippen LogP contribution in [-0.4, -0.2) is 11.2 Å². The van der Waals surface area contributed by atoms with Crippen molar-refractivity contribution < 1.29 is 5.11 Å². The Labute approximate surface area is 106 Å². The normalized spacial score (nSPS) is 20.0. The zero-order chi connectivity index (χ0) is 11.0. The number of halogens is 2. The maximum atomic E-state index is 9.92. The molecule has 0 spiro atoms. The quantitative estimate of drug-likeness (QED) is 0.892. The van der Waals surface area contributed by atoms with Crippen LogP contribution in [0.15, 0.2) is 27.1 Å². The highest BCUT2D eigenvalue weighted by molar-refractivity contribution is 9.13. The SMILES string of the molecule is N[C@@H](c1ccc(Br)c(Br)c1)[C@H](O)C1CC1. The van der Waals surface area contributed by atoms with Gasteiger partial charge in [-0.05, 0) is 68.3 Å². The zero-order valence-electron chi connectivity index (χ0n) is 8.16. The highest BCUT2D eigenvalue weighted by Crippen LogP contribution is 2.38. The fourth-order valence-electron chi connectivity index (χ4n) is 1.65. The molecular weight excluding hydrogens is 322 g/mol. The molecule has 0 bridgehead atoms. The van der Waals surface area contributed by atoms with Crippen molar-refractivity contribution in [1.29, 1.82) is 0 Å². The molecule has 82 valence electrons. The van der Waals surface area contributed by atoms with Crippen molar-refractivity contribution in [3.8, 4) is 0 Å². The van der Waals surface area contributed by atoms with Crippen LogP contribution in [0.25, 0.3) is 0 Å². The second-order valence-electron chi connectivity index (χ2n) is 4.03. The minimum absolute atomic E-state index is 0.276. The molecule has 4 heteroatoms. The van der Waals surface area contributed by atoms with E-state index in [1.807, 2.05) is 18.2 Å². The number of nitrogens with two attached hydrogens (primary N) is 1. The summed E-state index contributed by atoms with van der Waals surface area (Å²) >= 11 is 6.84. The highest BCUT2D eigenvalue weighted by Gasteiger charge is 2.34. The van der Waals surface area contributed by atoms with E-state index in [2.05, 4.69) is 31.9 Å². The summed E-state index contributed by atoms with van der Waals surface area (Å²) in [5.41, 5.74) is 6.99. The van der Waals surface area contributed by atoms with E-state index in [1.165, 1.54) is 0 Å². The molecule has 0 heterocycles. The fourth-order valence-corrected chi connectivity index (χ4v) is 2.29. The van der Waals surface area contributed by atoms with E-state index in [9.17, 15) is 5.11 Å². The van der Waals surface area contributed by atoms with Gasteiger partial charge in [0, 0.05) is 8.95 Å². The minimum atomic E-state index is -0.405. The van der Waals surface area contributed by atoms with Crippen LogP contribution < -0.4 is 5.73 Å². The summed E-state index contributed by atoms with van der Waals surface area (Å²) in [4.78, 5) is 0. The topological polar surface area (TPSA) is 46.2 Å². The van der Waals surface area contributed by atoms with Gasteiger partial charge in [0.15, 0.2) is 0 Å². The van der Waals surface area contributed by atoms with Gasteiger partial charge >= 0.3 is 0 Å². The van der Waals surface area contributed by atoms with E-state index in [4.69, 9.17) is 5.73 Å². The summed E-state index contributed by atoms with van der Waals surface area (Å²) in [5, 5.41) is 9.92. The van der Waals surface area contributed by atoms with Crippen molar-refractivity contribution >= 4 is 31.9 Å². The van der Waals surface area contributed by atoms with E-state index in [0.29, 0.717) is 5.92 Å². The van der Waals surface area contributed by atoms with Gasteiger partial charge in [-0.25, -0.2) is 0 Å². The summed E-state index contributed by atoms with van der Waals surface area (Å²) < 4.78 is 1.97. The molecule has 0 aliphatic heterocycles. The maximum absolute atomic E-state index is 9.92. The molecule has 15 heavy (non-hydrogen) atoms. The molecule has 1 aromatic carbocycles. The molecule has 1 saturated carbocycles. The third-order valence-electron chi connectivity index (χ3n) is 2.80. The first-order chi connectivity index (χ1) is 7.09. The van der Waals surface area contributed by atoms with Crippen LogP contribution in [0.1, 0.15) is 24.4 Å². The lowest BCUT2D eigenvalue weighted by molar-refractivity contribution is 0.122. The van der Waals surface area contributed by atoms with Crippen molar-refractivity contribution in [2.24, 2.45) is 11.7 Å². The first-order valence-electron chi connectivity index (χ1n) is 4.98. The molecule has 0 unspecified atom stereocenters. The largest absolute Gasteiger partial charge is 0.391 e. The monoisotopic (exact) mass is 333 g/mol. The van der Waals surface area contributed by atoms with Gasteiger partial charge in [-0.3, -0.25) is 0 Å². The Morgan fingerprint density at radius 3 is 2.47 bits per heavy atom. The van der Waals surface area contributed by atoms with E-state index >= 15 is 0 Å². The highest BCUT2D eigenvalue weighted by atomic mass is 79.9. The van der Waals surface area contributed by atoms with Crippen LogP contribution in [-0.2, 0) is 0 Å². The van der Waals surface area contributed by atoms with Crippen LogP contribution in [0.3, 0.4) is 0 Å². The number of hydrogen-bond acceptors (Lipinski definition) is 2. The maximum Gasteiger partial charge on any atom is 0.0760 e. The van der Waals surface area contributed by atoms with Gasteiger partial charge in [-0.15, -0.1) is 0 Å². The Balaban J connectivity index is 2.17. The molecule has 0 aromatic heterocycles. The Morgan fingerprint density at radius 2 is 1.93 bits per heavy atom. The van der Waals surface area contributed by atoms with E-state index in [0.717, 1.165) is 27.4 Å². The third-order valence-corrected chi connectivity index (χ3v) is 4.68. The Hall–Kier alpha value is 0.1000. The third kappa shape index (κ3) is 2.61. The van der Waals surface area contributed by atoms with Crippen molar-refractivity contribution in [3.63, 3.8) is 0 Å². The van der Waals surface area contributed by atoms with Gasteiger partial charge in [0.2, 0.25) is 0 Å². The first kappa shape index (κ1) is 11.6. The van der Waals surface area contributed by atoms with Crippen molar-refractivity contribution in [3.05, 3.63) is 32.7 Å². The molecule has 2 atom stereocenters. The van der Waals surface area contributed by atoms with Gasteiger partial charge in [0.1, 0.15) is 0 Å². The number of hydrogen-bond donors (Lipinski definition) is 2. The van der Waals surface area contributed by atoms with Crippen molar-refractivity contribution in [1.82, 2.24) is 0 Å². The first-order valence-corrected chi connectivity index (χ1v) is 6.57. The van der Waals surface area contributed by atoms with Gasteiger partial charge in [0.25, 0.3) is 0 Å². The minimum Gasteiger partial charge on any atom is -0.391 e. The van der Waals surface area contributed by atoms with Crippen LogP contribution in [0.5, 0.6) is 0 Å². The van der Waals surface area contributed by atoms with E-state index in [1.54, 1.807) is 0 Å². The summed E-state index contributed by atoms with van der Waals surface area (Å²) in [6.07, 6.45) is 1.80. The van der Waals surface area contributed by atoms with Crippen LogP contribution in [0, 0.1) is 5.92 Å². The molecule has 0 saturated heterocycles. The Bertz CT molecular complexity index is 366. The molecular formula is C11H13Br2NO. The van der Waals surface area contributed by atoms with Crippen LogP contribution >= 0.6 is 31.9 Å². The predicted molar refractivity (Wildman–Crippen MR) is 67.5 cm³/mol. The molecule has 3 N–H and O–H groups in total. The van der Waals surface area contributed by atoms with Gasteiger partial charge < -0.3 is 10.8 Å². The van der Waals surface area contributed by atoms with Crippen LogP contribution in [0.4, 0.5) is 0 Å². The summed E-state index contributed by atoms with van der Waals surface area (Å²) in [7, 11) is 0. The number of aliphatic hydroxyl groups excluding tert-OH is 1. The van der Waals surface area contributed by atoms with Crippen molar-refractivity contribution in [2.75, 3.05) is 0 Å².